The quantitative estimate of drug-likeness (QED) is 0.830. The number of hydrogen-bond donors (Lipinski definition) is 0. The Balaban J connectivity index is 1.61. The molecule has 23 heavy (non-hydrogen) atoms. The molecule has 0 N–H and O–H groups in total. The molecular formula is C17H23ClN4O. The van der Waals surface area contributed by atoms with Crippen LogP contribution in [-0.4, -0.2) is 45.9 Å². The summed E-state index contributed by atoms with van der Waals surface area (Å²) in [6, 6.07) is 0.663. The molecule has 1 aromatic heterocycles. The van der Waals surface area contributed by atoms with Crippen molar-refractivity contribution < 1.29 is 4.79 Å². The van der Waals surface area contributed by atoms with Gasteiger partial charge in [0.05, 0.1) is 11.2 Å². The van der Waals surface area contributed by atoms with Crippen LogP contribution in [0.5, 0.6) is 0 Å². The molecule has 1 aliphatic heterocycles. The molecule has 1 amide bonds. The number of hydrogen-bond acceptors (Lipinski definition) is 4. The third-order valence-corrected chi connectivity index (χ3v) is 5.52. The van der Waals surface area contributed by atoms with E-state index in [0.29, 0.717) is 28.6 Å². The number of carbonyl (C=O) groups is 1. The molecule has 2 saturated carbocycles. The van der Waals surface area contributed by atoms with Crippen molar-refractivity contribution in [1.29, 1.82) is 0 Å². The summed E-state index contributed by atoms with van der Waals surface area (Å²) in [6.07, 6.45) is 8.56. The van der Waals surface area contributed by atoms with Crippen LogP contribution in [0.2, 0.25) is 5.02 Å². The number of rotatable bonds is 5. The molecule has 0 radical (unpaired) electrons. The monoisotopic (exact) mass is 334 g/mol. The van der Waals surface area contributed by atoms with E-state index in [-0.39, 0.29) is 11.9 Å². The minimum absolute atomic E-state index is 0.0141. The van der Waals surface area contributed by atoms with Gasteiger partial charge < -0.3 is 9.80 Å². The van der Waals surface area contributed by atoms with Crippen LogP contribution in [0.4, 0.5) is 5.95 Å². The van der Waals surface area contributed by atoms with E-state index >= 15 is 0 Å². The van der Waals surface area contributed by atoms with E-state index < -0.39 is 0 Å². The summed E-state index contributed by atoms with van der Waals surface area (Å²) in [5, 5.41) is 0.367. The second-order valence-electron chi connectivity index (χ2n) is 7.08. The Morgan fingerprint density at radius 3 is 2.61 bits per heavy atom. The van der Waals surface area contributed by atoms with E-state index in [1.165, 1.54) is 12.8 Å². The molecule has 3 aliphatic rings. The third kappa shape index (κ3) is 3.03. The van der Waals surface area contributed by atoms with Gasteiger partial charge in [0.15, 0.2) is 5.69 Å². The van der Waals surface area contributed by atoms with E-state index in [9.17, 15) is 4.79 Å². The van der Waals surface area contributed by atoms with Crippen LogP contribution in [0, 0.1) is 5.92 Å². The SMILES string of the molecule is C[C@H](C1CC1)N(C(=O)c1nc(N2CCCC2)ncc1Cl)C1CC1. The first-order valence-corrected chi connectivity index (χ1v) is 9.13. The lowest BCUT2D eigenvalue weighted by atomic mass is 10.1. The maximum atomic E-state index is 13.1. The Labute approximate surface area is 142 Å². The van der Waals surface area contributed by atoms with Crippen molar-refractivity contribution in [3.63, 3.8) is 0 Å². The average molecular weight is 335 g/mol. The van der Waals surface area contributed by atoms with Crippen LogP contribution >= 0.6 is 11.6 Å². The number of aromatic nitrogens is 2. The Bertz CT molecular complexity index is 609. The van der Waals surface area contributed by atoms with E-state index in [2.05, 4.69) is 21.8 Å². The van der Waals surface area contributed by atoms with Crippen molar-refractivity contribution in [2.45, 2.75) is 57.5 Å². The summed E-state index contributed by atoms with van der Waals surface area (Å²) in [6.45, 7) is 4.09. The summed E-state index contributed by atoms with van der Waals surface area (Å²) in [5.41, 5.74) is 0.378. The predicted molar refractivity (Wildman–Crippen MR) is 89.9 cm³/mol. The van der Waals surface area contributed by atoms with Gasteiger partial charge in [-0.2, -0.15) is 0 Å². The van der Waals surface area contributed by atoms with Crippen LogP contribution in [-0.2, 0) is 0 Å². The Morgan fingerprint density at radius 2 is 2.00 bits per heavy atom. The summed E-state index contributed by atoms with van der Waals surface area (Å²) >= 11 is 6.28. The van der Waals surface area contributed by atoms with Gasteiger partial charge in [-0.25, -0.2) is 9.97 Å². The van der Waals surface area contributed by atoms with Gasteiger partial charge >= 0.3 is 0 Å². The van der Waals surface area contributed by atoms with Crippen LogP contribution in [0.1, 0.15) is 55.9 Å². The molecule has 0 spiro atoms. The lowest BCUT2D eigenvalue weighted by Crippen LogP contribution is -2.42. The van der Waals surface area contributed by atoms with Gasteiger partial charge in [-0.1, -0.05) is 11.6 Å². The first kappa shape index (κ1) is 15.2. The highest BCUT2D eigenvalue weighted by Gasteiger charge is 2.42. The van der Waals surface area contributed by atoms with Gasteiger partial charge in [0.25, 0.3) is 5.91 Å². The molecule has 5 nitrogen and oxygen atoms in total. The lowest BCUT2D eigenvalue weighted by Gasteiger charge is -2.29. The van der Waals surface area contributed by atoms with Gasteiger partial charge in [-0.3, -0.25) is 4.79 Å². The Kier molecular flexibility index (Phi) is 3.92. The molecule has 0 aromatic carbocycles. The molecular weight excluding hydrogens is 312 g/mol. The fraction of sp³-hybridized carbons (Fsp3) is 0.706. The van der Waals surface area contributed by atoms with E-state index in [0.717, 1.165) is 38.8 Å². The zero-order valence-electron chi connectivity index (χ0n) is 13.5. The molecule has 1 atom stereocenters. The highest BCUT2D eigenvalue weighted by Crippen LogP contribution is 2.40. The summed E-state index contributed by atoms with van der Waals surface area (Å²) in [5.74, 6) is 1.28. The number of carbonyl (C=O) groups excluding carboxylic acids is 1. The number of amides is 1. The Hall–Kier alpha value is -1.36. The highest BCUT2D eigenvalue weighted by molar-refractivity contribution is 6.33. The van der Waals surface area contributed by atoms with Crippen molar-refractivity contribution in [2.24, 2.45) is 5.92 Å². The second kappa shape index (κ2) is 5.93. The zero-order chi connectivity index (χ0) is 16.0. The summed E-state index contributed by atoms with van der Waals surface area (Å²) in [4.78, 5) is 26.2. The first-order chi connectivity index (χ1) is 11.1. The third-order valence-electron chi connectivity index (χ3n) is 5.24. The van der Waals surface area contributed by atoms with Crippen LogP contribution < -0.4 is 4.90 Å². The molecule has 0 unspecified atom stereocenters. The molecule has 2 aliphatic carbocycles. The van der Waals surface area contributed by atoms with E-state index in [1.807, 2.05) is 4.90 Å². The molecule has 4 rings (SSSR count). The van der Waals surface area contributed by atoms with Gasteiger partial charge in [0, 0.05) is 25.2 Å². The van der Waals surface area contributed by atoms with E-state index in [4.69, 9.17) is 11.6 Å². The van der Waals surface area contributed by atoms with Gasteiger partial charge in [0.2, 0.25) is 5.95 Å². The summed E-state index contributed by atoms with van der Waals surface area (Å²) < 4.78 is 0. The lowest BCUT2D eigenvalue weighted by molar-refractivity contribution is 0.0648. The summed E-state index contributed by atoms with van der Waals surface area (Å²) in [7, 11) is 0. The van der Waals surface area contributed by atoms with Crippen molar-refractivity contribution >= 4 is 23.5 Å². The maximum Gasteiger partial charge on any atom is 0.274 e. The van der Waals surface area contributed by atoms with Crippen molar-refractivity contribution in [3.8, 4) is 0 Å². The van der Waals surface area contributed by atoms with Gasteiger partial charge in [-0.15, -0.1) is 0 Å². The fourth-order valence-corrected chi connectivity index (χ4v) is 3.71. The zero-order valence-corrected chi connectivity index (χ0v) is 14.3. The van der Waals surface area contributed by atoms with Crippen LogP contribution in [0.3, 0.4) is 0 Å². The van der Waals surface area contributed by atoms with E-state index in [1.54, 1.807) is 6.20 Å². The van der Waals surface area contributed by atoms with Crippen LogP contribution in [0.25, 0.3) is 0 Å². The molecule has 3 fully saturated rings. The molecule has 0 bridgehead atoms. The minimum atomic E-state index is -0.0141. The minimum Gasteiger partial charge on any atom is -0.341 e. The topological polar surface area (TPSA) is 49.3 Å². The standard InChI is InChI=1S/C17H23ClN4O/c1-11(12-4-5-12)22(13-6-7-13)16(23)15-14(18)10-19-17(20-15)21-8-2-3-9-21/h10-13H,2-9H2,1H3/t11-/m1/s1. The Morgan fingerprint density at radius 1 is 1.30 bits per heavy atom. The van der Waals surface area contributed by atoms with Gasteiger partial charge in [-0.05, 0) is 51.4 Å². The smallest absolute Gasteiger partial charge is 0.274 e. The van der Waals surface area contributed by atoms with Crippen LogP contribution in [0.15, 0.2) is 6.20 Å². The first-order valence-electron chi connectivity index (χ1n) is 8.75. The molecule has 124 valence electrons. The average Bonchev–Trinajstić information content (AvgIpc) is 3.47. The number of anilines is 1. The normalized spacial score (nSPS) is 22.3. The molecule has 2 heterocycles. The molecule has 1 saturated heterocycles. The molecule has 6 heteroatoms. The maximum absolute atomic E-state index is 13.1. The van der Waals surface area contributed by atoms with Crippen molar-refractivity contribution in [1.82, 2.24) is 14.9 Å². The highest BCUT2D eigenvalue weighted by atomic mass is 35.5. The predicted octanol–water partition coefficient (Wildman–Crippen LogP) is 3.13. The number of halogens is 1. The van der Waals surface area contributed by atoms with Crippen molar-refractivity contribution in [3.05, 3.63) is 16.9 Å². The number of nitrogens with zero attached hydrogens (tertiary/aromatic N) is 4. The second-order valence-corrected chi connectivity index (χ2v) is 7.49. The van der Waals surface area contributed by atoms with Crippen molar-refractivity contribution in [2.75, 3.05) is 18.0 Å². The fourth-order valence-electron chi connectivity index (χ4n) is 3.54. The molecule has 1 aromatic rings. The largest absolute Gasteiger partial charge is 0.341 e. The van der Waals surface area contributed by atoms with Gasteiger partial charge in [0.1, 0.15) is 0 Å².